The van der Waals surface area contributed by atoms with E-state index in [1.54, 1.807) is 0 Å². The van der Waals surface area contributed by atoms with Gasteiger partial charge in [-0.15, -0.1) is 11.3 Å². The maximum Gasteiger partial charge on any atom is 0.131 e. The van der Waals surface area contributed by atoms with E-state index >= 15 is 0 Å². The minimum atomic E-state index is 0.179. The molecule has 0 saturated heterocycles. The largest absolute Gasteiger partial charge is 0.359 e. The third-order valence-electron chi connectivity index (χ3n) is 3.30. The van der Waals surface area contributed by atoms with Crippen LogP contribution >= 0.6 is 11.3 Å². The van der Waals surface area contributed by atoms with Gasteiger partial charge >= 0.3 is 0 Å². The van der Waals surface area contributed by atoms with Gasteiger partial charge in [-0.25, -0.2) is 4.98 Å². The maximum atomic E-state index is 5.84. The third-order valence-corrected chi connectivity index (χ3v) is 4.24. The summed E-state index contributed by atoms with van der Waals surface area (Å²) in [7, 11) is 2.11. The second-order valence-electron chi connectivity index (χ2n) is 5.42. The highest BCUT2D eigenvalue weighted by molar-refractivity contribution is 7.09. The van der Waals surface area contributed by atoms with E-state index < -0.39 is 0 Å². The molecule has 1 atom stereocenters. The van der Waals surface area contributed by atoms with Gasteiger partial charge in [0, 0.05) is 30.7 Å². The summed E-state index contributed by atoms with van der Waals surface area (Å²) in [5.74, 6) is 1.06. The van der Waals surface area contributed by atoms with E-state index in [0.29, 0.717) is 0 Å². The van der Waals surface area contributed by atoms with Crippen molar-refractivity contribution in [3.8, 4) is 0 Å². The zero-order valence-corrected chi connectivity index (χ0v) is 13.3. The van der Waals surface area contributed by atoms with Crippen LogP contribution in [-0.2, 0) is 12.8 Å². The Bertz CT molecular complexity index is 535. The van der Waals surface area contributed by atoms with Gasteiger partial charge in [0.25, 0.3) is 0 Å². The standard InChI is InChI=1S/C16H23N3S/c1-12-9-14(10-13(2)17)11-18-16(12)19(3)7-6-15-5-4-8-20-15/h4-5,8-9,11,13H,6-7,10,17H2,1-3H3. The molecule has 0 aliphatic heterocycles. The molecule has 2 aromatic heterocycles. The summed E-state index contributed by atoms with van der Waals surface area (Å²) in [6, 6.07) is 6.67. The first kappa shape index (κ1) is 15.0. The monoisotopic (exact) mass is 289 g/mol. The van der Waals surface area contributed by atoms with Crippen LogP contribution in [0, 0.1) is 6.92 Å². The number of nitrogens with two attached hydrogens (primary N) is 1. The van der Waals surface area contributed by atoms with Gasteiger partial charge in [0.2, 0.25) is 0 Å². The van der Waals surface area contributed by atoms with Crippen molar-refractivity contribution in [2.45, 2.75) is 32.7 Å². The molecule has 108 valence electrons. The first-order valence-corrected chi connectivity index (χ1v) is 7.89. The second-order valence-corrected chi connectivity index (χ2v) is 6.45. The first-order valence-electron chi connectivity index (χ1n) is 7.01. The number of likely N-dealkylation sites (N-methyl/N-ethyl adjacent to an activating group) is 1. The highest BCUT2D eigenvalue weighted by atomic mass is 32.1. The zero-order chi connectivity index (χ0) is 14.5. The molecule has 0 spiro atoms. The number of anilines is 1. The summed E-state index contributed by atoms with van der Waals surface area (Å²) < 4.78 is 0. The molecule has 0 amide bonds. The van der Waals surface area contributed by atoms with Crippen molar-refractivity contribution in [1.29, 1.82) is 0 Å². The molecule has 20 heavy (non-hydrogen) atoms. The number of hydrogen-bond donors (Lipinski definition) is 1. The van der Waals surface area contributed by atoms with Gasteiger partial charge in [-0.1, -0.05) is 12.1 Å². The maximum absolute atomic E-state index is 5.84. The van der Waals surface area contributed by atoms with Gasteiger partial charge in [0.1, 0.15) is 5.82 Å². The molecule has 2 rings (SSSR count). The van der Waals surface area contributed by atoms with E-state index in [1.165, 1.54) is 16.0 Å². The summed E-state index contributed by atoms with van der Waals surface area (Å²) in [6.45, 7) is 5.13. The highest BCUT2D eigenvalue weighted by Crippen LogP contribution is 2.18. The second kappa shape index (κ2) is 6.86. The molecule has 0 radical (unpaired) electrons. The lowest BCUT2D eigenvalue weighted by Gasteiger charge is -2.20. The zero-order valence-electron chi connectivity index (χ0n) is 12.5. The lowest BCUT2D eigenvalue weighted by molar-refractivity contribution is 0.734. The molecule has 0 saturated carbocycles. The number of hydrogen-bond acceptors (Lipinski definition) is 4. The van der Waals surface area contributed by atoms with Crippen LogP contribution in [-0.4, -0.2) is 24.6 Å². The molecule has 0 aliphatic carbocycles. The van der Waals surface area contributed by atoms with Crippen molar-refractivity contribution in [2.75, 3.05) is 18.5 Å². The number of rotatable bonds is 6. The van der Waals surface area contributed by atoms with E-state index in [2.05, 4.69) is 47.4 Å². The molecule has 2 N–H and O–H groups in total. The summed E-state index contributed by atoms with van der Waals surface area (Å²) in [4.78, 5) is 8.25. The molecule has 0 fully saturated rings. The Morgan fingerprint density at radius 1 is 1.45 bits per heavy atom. The topological polar surface area (TPSA) is 42.1 Å². The van der Waals surface area contributed by atoms with E-state index in [4.69, 9.17) is 5.73 Å². The minimum Gasteiger partial charge on any atom is -0.359 e. The van der Waals surface area contributed by atoms with E-state index in [-0.39, 0.29) is 6.04 Å². The van der Waals surface area contributed by atoms with Gasteiger partial charge in [-0.3, -0.25) is 0 Å². The number of aryl methyl sites for hydroxylation is 1. The van der Waals surface area contributed by atoms with Gasteiger partial charge in [-0.2, -0.15) is 0 Å². The summed E-state index contributed by atoms with van der Waals surface area (Å²) in [6.07, 6.45) is 3.90. The molecule has 2 heterocycles. The van der Waals surface area contributed by atoms with E-state index in [0.717, 1.165) is 25.2 Å². The molecule has 4 heteroatoms. The van der Waals surface area contributed by atoms with Crippen LogP contribution in [0.25, 0.3) is 0 Å². The van der Waals surface area contributed by atoms with Crippen LogP contribution in [0.3, 0.4) is 0 Å². The van der Waals surface area contributed by atoms with Crippen molar-refractivity contribution in [3.05, 3.63) is 45.8 Å². The molecule has 0 aliphatic rings. The Hall–Kier alpha value is -1.39. The summed E-state index contributed by atoms with van der Waals surface area (Å²) in [5.41, 5.74) is 8.27. The van der Waals surface area contributed by atoms with Crippen LogP contribution in [0.15, 0.2) is 29.8 Å². The molecule has 2 aromatic rings. The van der Waals surface area contributed by atoms with Gasteiger partial charge in [-0.05, 0) is 49.3 Å². The van der Waals surface area contributed by atoms with Gasteiger partial charge in [0.05, 0.1) is 0 Å². The highest BCUT2D eigenvalue weighted by Gasteiger charge is 2.08. The Balaban J connectivity index is 2.00. The molecule has 0 aromatic carbocycles. The van der Waals surface area contributed by atoms with Crippen molar-refractivity contribution >= 4 is 17.2 Å². The normalized spacial score (nSPS) is 12.4. The number of thiophene rings is 1. The lowest BCUT2D eigenvalue weighted by atomic mass is 10.1. The number of pyridine rings is 1. The van der Waals surface area contributed by atoms with Gasteiger partial charge < -0.3 is 10.6 Å². The summed E-state index contributed by atoms with van der Waals surface area (Å²) >= 11 is 1.81. The fraction of sp³-hybridized carbons (Fsp3) is 0.438. The molecule has 1 unspecified atom stereocenters. The Kier molecular flexibility index (Phi) is 5.15. The number of aromatic nitrogens is 1. The van der Waals surface area contributed by atoms with Gasteiger partial charge in [0.15, 0.2) is 0 Å². The quantitative estimate of drug-likeness (QED) is 0.889. The van der Waals surface area contributed by atoms with Crippen LogP contribution in [0.2, 0.25) is 0 Å². The number of nitrogens with zero attached hydrogens (tertiary/aromatic N) is 2. The van der Waals surface area contributed by atoms with Crippen molar-refractivity contribution in [1.82, 2.24) is 4.98 Å². The average molecular weight is 289 g/mol. The Morgan fingerprint density at radius 2 is 2.25 bits per heavy atom. The average Bonchev–Trinajstić information content (AvgIpc) is 2.88. The van der Waals surface area contributed by atoms with Crippen LogP contribution in [0.1, 0.15) is 22.9 Å². The van der Waals surface area contributed by atoms with Crippen LogP contribution in [0.4, 0.5) is 5.82 Å². The molecular weight excluding hydrogens is 266 g/mol. The van der Waals surface area contributed by atoms with E-state index in [9.17, 15) is 0 Å². The van der Waals surface area contributed by atoms with Crippen LogP contribution < -0.4 is 10.6 Å². The van der Waals surface area contributed by atoms with E-state index in [1.807, 2.05) is 24.5 Å². The molecule has 3 nitrogen and oxygen atoms in total. The smallest absolute Gasteiger partial charge is 0.131 e. The van der Waals surface area contributed by atoms with Crippen molar-refractivity contribution in [2.24, 2.45) is 5.73 Å². The van der Waals surface area contributed by atoms with Crippen molar-refractivity contribution in [3.63, 3.8) is 0 Å². The fourth-order valence-electron chi connectivity index (χ4n) is 2.35. The fourth-order valence-corrected chi connectivity index (χ4v) is 3.05. The predicted molar refractivity (Wildman–Crippen MR) is 87.6 cm³/mol. The minimum absolute atomic E-state index is 0.179. The molecular formula is C16H23N3S. The SMILES string of the molecule is Cc1cc(CC(C)N)cnc1N(C)CCc1cccs1. The first-order chi connectivity index (χ1) is 9.56. The lowest BCUT2D eigenvalue weighted by Crippen LogP contribution is -2.23. The molecule has 0 bridgehead atoms. The third kappa shape index (κ3) is 4.05. The predicted octanol–water partition coefficient (Wildman–Crippen LogP) is 3.02. The van der Waals surface area contributed by atoms with Crippen molar-refractivity contribution < 1.29 is 0 Å². The Morgan fingerprint density at radius 3 is 2.85 bits per heavy atom. The summed E-state index contributed by atoms with van der Waals surface area (Å²) in [5, 5.41) is 2.13. The van der Waals surface area contributed by atoms with Crippen LogP contribution in [0.5, 0.6) is 0 Å². The Labute approximate surface area is 125 Å².